The minimum Gasteiger partial charge on any atom is -0.369 e. The number of hydrogen-bond donors (Lipinski definition) is 1. The summed E-state index contributed by atoms with van der Waals surface area (Å²) >= 11 is 0. The SMILES string of the molecule is Cc1cc(N2CCNCC2)cc([N+](=O)[O-])c1C. The number of rotatable bonds is 2. The Balaban J connectivity index is 2.37. The van der Waals surface area contributed by atoms with E-state index in [1.165, 1.54) is 0 Å². The first-order valence-corrected chi connectivity index (χ1v) is 5.81. The summed E-state index contributed by atoms with van der Waals surface area (Å²) in [4.78, 5) is 12.9. The van der Waals surface area contributed by atoms with Crippen molar-refractivity contribution in [3.05, 3.63) is 33.4 Å². The first-order valence-electron chi connectivity index (χ1n) is 5.81. The van der Waals surface area contributed by atoms with Gasteiger partial charge in [0, 0.05) is 43.5 Å². The molecule has 0 radical (unpaired) electrons. The van der Waals surface area contributed by atoms with E-state index in [1.54, 1.807) is 13.0 Å². The van der Waals surface area contributed by atoms with Crippen LogP contribution in [0.15, 0.2) is 12.1 Å². The van der Waals surface area contributed by atoms with Crippen molar-refractivity contribution < 1.29 is 4.92 Å². The zero-order chi connectivity index (χ0) is 12.4. The number of anilines is 1. The Hall–Kier alpha value is -1.62. The number of hydrogen-bond acceptors (Lipinski definition) is 4. The average Bonchev–Trinajstić information content (AvgIpc) is 2.33. The van der Waals surface area contributed by atoms with Gasteiger partial charge in [0.2, 0.25) is 0 Å². The van der Waals surface area contributed by atoms with Crippen molar-refractivity contribution >= 4 is 11.4 Å². The van der Waals surface area contributed by atoms with E-state index in [0.717, 1.165) is 43.0 Å². The van der Waals surface area contributed by atoms with Crippen LogP contribution >= 0.6 is 0 Å². The number of nitrogens with zero attached hydrogens (tertiary/aromatic N) is 2. The Kier molecular flexibility index (Phi) is 3.28. The lowest BCUT2D eigenvalue weighted by atomic mass is 10.1. The van der Waals surface area contributed by atoms with Gasteiger partial charge in [0.25, 0.3) is 5.69 Å². The number of nitro groups is 1. The third-order valence-electron chi connectivity index (χ3n) is 3.30. The molecule has 5 heteroatoms. The molecule has 0 aliphatic carbocycles. The van der Waals surface area contributed by atoms with E-state index in [1.807, 2.05) is 13.0 Å². The van der Waals surface area contributed by atoms with Gasteiger partial charge < -0.3 is 10.2 Å². The number of piperazine rings is 1. The molecule has 0 atom stereocenters. The first-order chi connectivity index (χ1) is 8.09. The number of nitro benzene ring substituents is 1. The van der Waals surface area contributed by atoms with Gasteiger partial charge in [-0.15, -0.1) is 0 Å². The highest BCUT2D eigenvalue weighted by atomic mass is 16.6. The van der Waals surface area contributed by atoms with E-state index in [-0.39, 0.29) is 10.6 Å². The van der Waals surface area contributed by atoms with E-state index >= 15 is 0 Å². The Morgan fingerprint density at radius 3 is 2.53 bits per heavy atom. The van der Waals surface area contributed by atoms with Crippen LogP contribution < -0.4 is 10.2 Å². The fourth-order valence-electron chi connectivity index (χ4n) is 2.12. The second-order valence-electron chi connectivity index (χ2n) is 4.40. The van der Waals surface area contributed by atoms with Gasteiger partial charge in [0.05, 0.1) is 4.92 Å². The molecular formula is C12H17N3O2. The highest BCUT2D eigenvalue weighted by Crippen LogP contribution is 2.28. The van der Waals surface area contributed by atoms with Gasteiger partial charge in [-0.3, -0.25) is 10.1 Å². The summed E-state index contributed by atoms with van der Waals surface area (Å²) < 4.78 is 0. The van der Waals surface area contributed by atoms with Crippen LogP contribution in [0.3, 0.4) is 0 Å². The van der Waals surface area contributed by atoms with Gasteiger partial charge in [0.1, 0.15) is 0 Å². The van der Waals surface area contributed by atoms with Gasteiger partial charge in [-0.1, -0.05) is 0 Å². The summed E-state index contributed by atoms with van der Waals surface area (Å²) in [5, 5.41) is 14.3. The highest BCUT2D eigenvalue weighted by Gasteiger charge is 2.18. The molecule has 0 unspecified atom stereocenters. The lowest BCUT2D eigenvalue weighted by Gasteiger charge is -2.29. The maximum atomic E-state index is 11.0. The summed E-state index contributed by atoms with van der Waals surface area (Å²) in [6.07, 6.45) is 0. The van der Waals surface area contributed by atoms with Crippen LogP contribution in [-0.2, 0) is 0 Å². The standard InChI is InChI=1S/C12H17N3O2/c1-9-7-11(14-5-3-13-4-6-14)8-12(10(9)2)15(16)17/h7-8,13H,3-6H2,1-2H3. The van der Waals surface area contributed by atoms with Crippen LogP contribution in [0.2, 0.25) is 0 Å². The summed E-state index contributed by atoms with van der Waals surface area (Å²) in [7, 11) is 0. The number of aryl methyl sites for hydroxylation is 1. The quantitative estimate of drug-likeness (QED) is 0.625. The Morgan fingerprint density at radius 2 is 1.94 bits per heavy atom. The maximum absolute atomic E-state index is 11.0. The monoisotopic (exact) mass is 235 g/mol. The summed E-state index contributed by atoms with van der Waals surface area (Å²) in [5.74, 6) is 0. The van der Waals surface area contributed by atoms with Gasteiger partial charge in [0.15, 0.2) is 0 Å². The van der Waals surface area contributed by atoms with Gasteiger partial charge >= 0.3 is 0 Å². The molecule has 92 valence electrons. The molecule has 1 fully saturated rings. The van der Waals surface area contributed by atoms with Crippen molar-refractivity contribution in [2.75, 3.05) is 31.1 Å². The van der Waals surface area contributed by atoms with Crippen molar-refractivity contribution in [3.63, 3.8) is 0 Å². The predicted molar refractivity (Wildman–Crippen MR) is 67.7 cm³/mol. The molecule has 1 aromatic carbocycles. The van der Waals surface area contributed by atoms with E-state index in [0.29, 0.717) is 0 Å². The lowest BCUT2D eigenvalue weighted by Crippen LogP contribution is -2.43. The fraction of sp³-hybridized carbons (Fsp3) is 0.500. The zero-order valence-corrected chi connectivity index (χ0v) is 10.2. The summed E-state index contributed by atoms with van der Waals surface area (Å²) in [6.45, 7) is 7.39. The molecular weight excluding hydrogens is 218 g/mol. The van der Waals surface area contributed by atoms with Crippen LogP contribution in [0.1, 0.15) is 11.1 Å². The Bertz CT molecular complexity index is 440. The summed E-state index contributed by atoms with van der Waals surface area (Å²) in [5.41, 5.74) is 2.92. The third-order valence-corrected chi connectivity index (χ3v) is 3.30. The number of nitrogens with one attached hydrogen (secondary N) is 1. The second kappa shape index (κ2) is 4.71. The van der Waals surface area contributed by atoms with Crippen molar-refractivity contribution in [2.45, 2.75) is 13.8 Å². The molecule has 1 aliphatic heterocycles. The van der Waals surface area contributed by atoms with E-state index in [9.17, 15) is 10.1 Å². The minimum atomic E-state index is -0.298. The van der Waals surface area contributed by atoms with Crippen LogP contribution in [-0.4, -0.2) is 31.1 Å². The highest BCUT2D eigenvalue weighted by molar-refractivity contribution is 5.60. The molecule has 1 aliphatic rings. The van der Waals surface area contributed by atoms with Crippen LogP contribution in [0.25, 0.3) is 0 Å². The molecule has 2 rings (SSSR count). The van der Waals surface area contributed by atoms with E-state index < -0.39 is 0 Å². The second-order valence-corrected chi connectivity index (χ2v) is 4.40. The first kappa shape index (κ1) is 11.9. The van der Waals surface area contributed by atoms with Crippen LogP contribution in [0, 0.1) is 24.0 Å². The molecule has 1 saturated heterocycles. The number of benzene rings is 1. The predicted octanol–water partition coefficient (Wildman–Crippen LogP) is 1.62. The lowest BCUT2D eigenvalue weighted by molar-refractivity contribution is -0.385. The van der Waals surface area contributed by atoms with Gasteiger partial charge in [-0.25, -0.2) is 0 Å². The van der Waals surface area contributed by atoms with Gasteiger partial charge in [-0.2, -0.15) is 0 Å². The maximum Gasteiger partial charge on any atom is 0.274 e. The van der Waals surface area contributed by atoms with Gasteiger partial charge in [-0.05, 0) is 25.5 Å². The molecule has 1 N–H and O–H groups in total. The molecule has 5 nitrogen and oxygen atoms in total. The normalized spacial score (nSPS) is 16.0. The molecule has 1 aromatic rings. The van der Waals surface area contributed by atoms with Crippen LogP contribution in [0.5, 0.6) is 0 Å². The molecule has 0 amide bonds. The van der Waals surface area contributed by atoms with Crippen molar-refractivity contribution in [1.82, 2.24) is 5.32 Å². The molecule has 0 spiro atoms. The molecule has 0 aromatic heterocycles. The Labute approximate surface area is 101 Å². The minimum absolute atomic E-state index is 0.221. The largest absolute Gasteiger partial charge is 0.369 e. The smallest absolute Gasteiger partial charge is 0.274 e. The molecule has 1 heterocycles. The average molecular weight is 235 g/mol. The third kappa shape index (κ3) is 2.39. The van der Waals surface area contributed by atoms with Crippen molar-refractivity contribution in [3.8, 4) is 0 Å². The zero-order valence-electron chi connectivity index (χ0n) is 10.2. The fourth-order valence-corrected chi connectivity index (χ4v) is 2.12. The Morgan fingerprint density at radius 1 is 1.29 bits per heavy atom. The van der Waals surface area contributed by atoms with E-state index in [2.05, 4.69) is 10.2 Å². The van der Waals surface area contributed by atoms with Crippen LogP contribution in [0.4, 0.5) is 11.4 Å². The van der Waals surface area contributed by atoms with E-state index in [4.69, 9.17) is 0 Å². The molecule has 0 saturated carbocycles. The molecule has 0 bridgehead atoms. The van der Waals surface area contributed by atoms with Crippen molar-refractivity contribution in [2.24, 2.45) is 0 Å². The summed E-state index contributed by atoms with van der Waals surface area (Å²) in [6, 6.07) is 3.72. The topological polar surface area (TPSA) is 58.4 Å². The molecule has 17 heavy (non-hydrogen) atoms. The van der Waals surface area contributed by atoms with Crippen molar-refractivity contribution in [1.29, 1.82) is 0 Å².